The number of imidazole rings is 1. The van der Waals surface area contributed by atoms with Crippen molar-refractivity contribution in [1.82, 2.24) is 9.88 Å². The number of nitrogens with zero attached hydrogens (tertiary/aromatic N) is 2. The quantitative estimate of drug-likeness (QED) is 0.440. The van der Waals surface area contributed by atoms with Gasteiger partial charge in [0.1, 0.15) is 11.3 Å². The van der Waals surface area contributed by atoms with Crippen LogP contribution in [0.25, 0.3) is 33.4 Å². The highest BCUT2D eigenvalue weighted by atomic mass is 16.4. The number of aryl methyl sites for hydroxylation is 1. The van der Waals surface area contributed by atoms with Crippen LogP contribution in [0.3, 0.4) is 0 Å². The van der Waals surface area contributed by atoms with Crippen LogP contribution < -0.4 is 10.2 Å². The Hall–Kier alpha value is -3.12. The number of phenolic OH excluding ortho intramolecular Hbond substituents is 1. The second kappa shape index (κ2) is 6.00. The Morgan fingerprint density at radius 2 is 1.96 bits per heavy atom. The van der Waals surface area contributed by atoms with Crippen LogP contribution in [0.4, 0.5) is 0 Å². The van der Waals surface area contributed by atoms with Crippen LogP contribution in [0, 0.1) is 0 Å². The van der Waals surface area contributed by atoms with Gasteiger partial charge >= 0.3 is 5.63 Å². The third-order valence-electron chi connectivity index (χ3n) is 4.56. The van der Waals surface area contributed by atoms with Crippen molar-refractivity contribution < 1.29 is 14.1 Å². The number of phenols is 1. The number of para-hydroxylation sites is 2. The third kappa shape index (κ3) is 2.55. The standard InChI is InChI=1S/C20H19N3O3/c1-22(2)11-14-17(24)9-8-12-10-13(20(25)26-18(12)14)19-21-15-6-4-5-7-16(15)23(19)3/h4-10H,11H2,1-3H3,(H,21,24,25)/p+1. The highest BCUT2D eigenvalue weighted by molar-refractivity contribution is 5.85. The summed E-state index contributed by atoms with van der Waals surface area (Å²) < 4.78 is 7.57. The van der Waals surface area contributed by atoms with E-state index >= 15 is 0 Å². The predicted molar refractivity (Wildman–Crippen MR) is 100 cm³/mol. The highest BCUT2D eigenvalue weighted by Crippen LogP contribution is 2.29. The van der Waals surface area contributed by atoms with E-state index in [0.717, 1.165) is 16.4 Å². The number of benzene rings is 2. The molecular formula is C20H20N3O3+. The van der Waals surface area contributed by atoms with Crippen LogP contribution in [0.5, 0.6) is 5.75 Å². The third-order valence-corrected chi connectivity index (χ3v) is 4.56. The SMILES string of the molecule is CN(C)Cc1c(O)ccc2cc(-c3[nH]c4ccccc4[n+]3C)c(=O)oc12. The largest absolute Gasteiger partial charge is 0.507 e. The van der Waals surface area contributed by atoms with Crippen LogP contribution in [0.2, 0.25) is 0 Å². The minimum absolute atomic E-state index is 0.123. The van der Waals surface area contributed by atoms with Gasteiger partial charge in [-0.05, 0) is 44.4 Å². The van der Waals surface area contributed by atoms with Crippen LogP contribution >= 0.6 is 0 Å². The molecule has 0 atom stereocenters. The molecule has 2 aromatic heterocycles. The van der Waals surface area contributed by atoms with Crippen molar-refractivity contribution in [2.45, 2.75) is 6.54 Å². The van der Waals surface area contributed by atoms with E-state index in [0.29, 0.717) is 29.1 Å². The van der Waals surface area contributed by atoms with Gasteiger partial charge in [-0.25, -0.2) is 14.3 Å². The van der Waals surface area contributed by atoms with Crippen molar-refractivity contribution in [2.24, 2.45) is 7.05 Å². The average molecular weight is 350 g/mol. The average Bonchev–Trinajstić information content (AvgIpc) is 2.94. The van der Waals surface area contributed by atoms with Crippen LogP contribution in [-0.2, 0) is 13.6 Å². The first-order chi connectivity index (χ1) is 12.5. The predicted octanol–water partition coefficient (Wildman–Crippen LogP) is 2.53. The van der Waals surface area contributed by atoms with E-state index in [4.69, 9.17) is 4.42 Å². The molecule has 132 valence electrons. The summed E-state index contributed by atoms with van der Waals surface area (Å²) in [7, 11) is 5.70. The molecule has 0 amide bonds. The second-order valence-electron chi connectivity index (χ2n) is 6.72. The number of aromatic amines is 1. The van der Waals surface area contributed by atoms with E-state index in [1.165, 1.54) is 0 Å². The molecule has 0 bridgehead atoms. The van der Waals surface area contributed by atoms with E-state index < -0.39 is 5.63 Å². The molecule has 2 N–H and O–H groups in total. The van der Waals surface area contributed by atoms with Crippen LogP contribution in [0.15, 0.2) is 51.7 Å². The number of aromatic hydroxyl groups is 1. The topological polar surface area (TPSA) is 73.3 Å². The van der Waals surface area contributed by atoms with Crippen molar-refractivity contribution in [2.75, 3.05) is 14.1 Å². The zero-order valence-electron chi connectivity index (χ0n) is 14.9. The summed E-state index contributed by atoms with van der Waals surface area (Å²) >= 11 is 0. The maximum atomic E-state index is 12.7. The molecule has 0 aliphatic carbocycles. The molecule has 0 radical (unpaired) electrons. The molecule has 6 heteroatoms. The van der Waals surface area contributed by atoms with Gasteiger partial charge < -0.3 is 14.4 Å². The number of hydrogen-bond acceptors (Lipinski definition) is 4. The first kappa shape index (κ1) is 16.4. The number of hydrogen-bond donors (Lipinski definition) is 2. The van der Waals surface area contributed by atoms with Crippen molar-refractivity contribution in [3.8, 4) is 17.1 Å². The van der Waals surface area contributed by atoms with Crippen molar-refractivity contribution in [1.29, 1.82) is 0 Å². The molecular weight excluding hydrogens is 330 g/mol. The van der Waals surface area contributed by atoms with E-state index in [-0.39, 0.29) is 5.75 Å². The summed E-state index contributed by atoms with van der Waals surface area (Å²) in [4.78, 5) is 17.9. The van der Waals surface area contributed by atoms with Gasteiger partial charge in [0.15, 0.2) is 16.6 Å². The van der Waals surface area contributed by atoms with Crippen LogP contribution in [-0.4, -0.2) is 29.1 Å². The zero-order chi connectivity index (χ0) is 18.4. The Bertz CT molecular complexity index is 1190. The Balaban J connectivity index is 1.97. The fourth-order valence-electron chi connectivity index (χ4n) is 3.32. The summed E-state index contributed by atoms with van der Waals surface area (Å²) in [5.41, 5.74) is 3.00. The molecule has 4 rings (SSSR count). The molecule has 6 nitrogen and oxygen atoms in total. The minimum Gasteiger partial charge on any atom is -0.507 e. The molecule has 2 heterocycles. The number of aromatic nitrogens is 2. The fraction of sp³-hybridized carbons (Fsp3) is 0.200. The first-order valence-corrected chi connectivity index (χ1v) is 8.36. The number of rotatable bonds is 3. The van der Waals surface area contributed by atoms with Crippen molar-refractivity contribution in [3.05, 3.63) is 58.4 Å². The summed E-state index contributed by atoms with van der Waals surface area (Å²) in [6.07, 6.45) is 0. The fourth-order valence-corrected chi connectivity index (χ4v) is 3.32. The molecule has 26 heavy (non-hydrogen) atoms. The Morgan fingerprint density at radius 3 is 2.69 bits per heavy atom. The molecule has 0 aliphatic rings. The Morgan fingerprint density at radius 1 is 1.19 bits per heavy atom. The molecule has 0 saturated carbocycles. The first-order valence-electron chi connectivity index (χ1n) is 8.36. The molecule has 0 aliphatic heterocycles. The summed E-state index contributed by atoms with van der Waals surface area (Å²) in [5, 5.41) is 10.9. The maximum absolute atomic E-state index is 12.7. The lowest BCUT2D eigenvalue weighted by Crippen LogP contribution is -2.30. The van der Waals surface area contributed by atoms with Gasteiger partial charge in [-0.1, -0.05) is 12.1 Å². The van der Waals surface area contributed by atoms with E-state index in [2.05, 4.69) is 4.98 Å². The lowest BCUT2D eigenvalue weighted by molar-refractivity contribution is -0.633. The molecule has 0 unspecified atom stereocenters. The Kier molecular flexibility index (Phi) is 3.77. The number of nitrogens with one attached hydrogen (secondary N) is 1. The number of fused-ring (bicyclic) bond motifs is 2. The van der Waals surface area contributed by atoms with Gasteiger partial charge in [0.05, 0.1) is 12.6 Å². The molecule has 0 spiro atoms. The maximum Gasteiger partial charge on any atom is 0.352 e. The second-order valence-corrected chi connectivity index (χ2v) is 6.72. The van der Waals surface area contributed by atoms with E-state index in [9.17, 15) is 9.90 Å². The highest BCUT2D eigenvalue weighted by Gasteiger charge is 2.22. The molecule has 0 fully saturated rings. The minimum atomic E-state index is -0.440. The summed E-state index contributed by atoms with van der Waals surface area (Å²) in [6, 6.07) is 13.1. The zero-order valence-corrected chi connectivity index (χ0v) is 14.9. The molecule has 4 aromatic rings. The molecule has 2 aromatic carbocycles. The molecule has 0 saturated heterocycles. The normalized spacial score (nSPS) is 11.7. The van der Waals surface area contributed by atoms with Gasteiger partial charge in [-0.15, -0.1) is 0 Å². The Labute approximate surface area is 149 Å². The van der Waals surface area contributed by atoms with Gasteiger partial charge in [0, 0.05) is 11.9 Å². The van der Waals surface area contributed by atoms with Crippen molar-refractivity contribution in [3.63, 3.8) is 0 Å². The summed E-state index contributed by atoms with van der Waals surface area (Å²) in [5.74, 6) is 0.808. The van der Waals surface area contributed by atoms with Gasteiger partial charge in [-0.3, -0.25) is 0 Å². The lowest BCUT2D eigenvalue weighted by Gasteiger charge is -2.13. The van der Waals surface area contributed by atoms with Gasteiger partial charge in [0.25, 0.3) is 5.82 Å². The van der Waals surface area contributed by atoms with E-state index in [1.807, 2.05) is 60.9 Å². The summed E-state index contributed by atoms with van der Waals surface area (Å²) in [6.45, 7) is 0.478. The monoisotopic (exact) mass is 350 g/mol. The number of H-pyrrole nitrogens is 1. The van der Waals surface area contributed by atoms with Gasteiger partial charge in [-0.2, -0.15) is 0 Å². The van der Waals surface area contributed by atoms with E-state index in [1.54, 1.807) is 12.1 Å². The van der Waals surface area contributed by atoms with Gasteiger partial charge in [0.2, 0.25) is 0 Å². The smallest absolute Gasteiger partial charge is 0.352 e. The van der Waals surface area contributed by atoms with Crippen molar-refractivity contribution >= 4 is 22.0 Å². The lowest BCUT2D eigenvalue weighted by atomic mass is 10.1. The van der Waals surface area contributed by atoms with Crippen LogP contribution in [0.1, 0.15) is 5.56 Å².